The predicted octanol–water partition coefficient (Wildman–Crippen LogP) is 4.99. The molecular formula is C19H30O. The molecule has 4 aliphatic carbocycles. The normalized spacial score (nSPS) is 55.0. The minimum atomic E-state index is 0.371. The Morgan fingerprint density at radius 1 is 0.950 bits per heavy atom. The molecule has 0 radical (unpaired) electrons. The Bertz CT molecular complexity index is 427. The highest BCUT2D eigenvalue weighted by molar-refractivity contribution is 5.82. The summed E-state index contributed by atoms with van der Waals surface area (Å²) < 4.78 is 0. The van der Waals surface area contributed by atoms with Crippen molar-refractivity contribution in [3.05, 3.63) is 0 Å². The van der Waals surface area contributed by atoms with E-state index in [9.17, 15) is 4.79 Å². The second-order valence-corrected chi connectivity index (χ2v) is 9.01. The van der Waals surface area contributed by atoms with Crippen LogP contribution < -0.4 is 0 Å². The smallest absolute Gasteiger partial charge is 0.133 e. The van der Waals surface area contributed by atoms with Crippen LogP contribution in [0.15, 0.2) is 0 Å². The number of hydrogen-bond acceptors (Lipinski definition) is 1. The van der Waals surface area contributed by atoms with Gasteiger partial charge in [-0.3, -0.25) is 4.79 Å². The zero-order valence-electron chi connectivity index (χ0n) is 13.3. The molecule has 1 unspecified atom stereocenters. The highest BCUT2D eigenvalue weighted by Gasteiger charge is 2.58. The molecule has 4 aliphatic rings. The maximum Gasteiger partial charge on any atom is 0.133 e. The van der Waals surface area contributed by atoms with Gasteiger partial charge in [0.05, 0.1) is 0 Å². The molecule has 4 fully saturated rings. The summed E-state index contributed by atoms with van der Waals surface area (Å²) in [6, 6.07) is 0. The number of carbonyl (C=O) groups is 1. The van der Waals surface area contributed by atoms with E-state index < -0.39 is 0 Å². The monoisotopic (exact) mass is 274 g/mol. The van der Waals surface area contributed by atoms with Crippen LogP contribution in [0.3, 0.4) is 0 Å². The summed E-state index contributed by atoms with van der Waals surface area (Å²) in [7, 11) is 0. The zero-order chi connectivity index (χ0) is 14.0. The molecule has 1 nitrogen and oxygen atoms in total. The number of fused-ring (bicyclic) bond motifs is 5. The first-order valence-electron chi connectivity index (χ1n) is 9.05. The number of carbonyl (C=O) groups excluding carboxylic acids is 1. The van der Waals surface area contributed by atoms with E-state index in [-0.39, 0.29) is 0 Å². The van der Waals surface area contributed by atoms with Crippen LogP contribution in [0.4, 0.5) is 0 Å². The lowest BCUT2D eigenvalue weighted by Gasteiger charge is -2.59. The molecule has 20 heavy (non-hydrogen) atoms. The Morgan fingerprint density at radius 2 is 1.80 bits per heavy atom. The second kappa shape index (κ2) is 4.34. The number of hydrogen-bond donors (Lipinski definition) is 0. The molecule has 0 aromatic carbocycles. The third-order valence-corrected chi connectivity index (χ3v) is 8.15. The fraction of sp³-hybridized carbons (Fsp3) is 0.947. The highest BCUT2D eigenvalue weighted by atomic mass is 16.1. The van der Waals surface area contributed by atoms with Gasteiger partial charge >= 0.3 is 0 Å². The van der Waals surface area contributed by atoms with E-state index in [1.165, 1.54) is 51.4 Å². The van der Waals surface area contributed by atoms with E-state index in [1.54, 1.807) is 0 Å². The Balaban J connectivity index is 1.65. The van der Waals surface area contributed by atoms with Crippen molar-refractivity contribution < 1.29 is 4.79 Å². The van der Waals surface area contributed by atoms with Crippen molar-refractivity contribution in [3.63, 3.8) is 0 Å². The van der Waals surface area contributed by atoms with Gasteiger partial charge < -0.3 is 0 Å². The summed E-state index contributed by atoms with van der Waals surface area (Å²) >= 11 is 0. The molecule has 112 valence electrons. The number of Topliss-reactive ketones (excluding diaryl/α,β-unsaturated/α-hetero) is 1. The molecule has 4 saturated carbocycles. The molecule has 0 bridgehead atoms. The maximum absolute atomic E-state index is 12.1. The number of ketones is 1. The van der Waals surface area contributed by atoms with Gasteiger partial charge in [-0.2, -0.15) is 0 Å². The molecule has 0 heterocycles. The summed E-state index contributed by atoms with van der Waals surface area (Å²) in [5.41, 5.74) is 0.990. The average molecular weight is 274 g/mol. The fourth-order valence-electron chi connectivity index (χ4n) is 7.07. The fourth-order valence-corrected chi connectivity index (χ4v) is 7.07. The van der Waals surface area contributed by atoms with Gasteiger partial charge in [0.2, 0.25) is 0 Å². The van der Waals surface area contributed by atoms with Gasteiger partial charge in [0.1, 0.15) is 5.78 Å². The van der Waals surface area contributed by atoms with Crippen LogP contribution >= 0.6 is 0 Å². The molecule has 0 aromatic heterocycles. The van der Waals surface area contributed by atoms with Crippen molar-refractivity contribution in [1.29, 1.82) is 0 Å². The molecule has 0 amide bonds. The molecule has 4 rings (SSSR count). The summed E-state index contributed by atoms with van der Waals surface area (Å²) in [5, 5.41) is 0. The Morgan fingerprint density at radius 3 is 2.65 bits per heavy atom. The van der Waals surface area contributed by atoms with E-state index in [4.69, 9.17) is 0 Å². The molecule has 0 aromatic rings. The lowest BCUT2D eigenvalue weighted by molar-refractivity contribution is -0.118. The molecule has 6 atom stereocenters. The topological polar surface area (TPSA) is 17.1 Å². The van der Waals surface area contributed by atoms with E-state index in [0.29, 0.717) is 16.6 Å². The molecule has 1 heteroatoms. The van der Waals surface area contributed by atoms with Crippen molar-refractivity contribution >= 4 is 5.78 Å². The Hall–Kier alpha value is -0.330. The van der Waals surface area contributed by atoms with Gasteiger partial charge in [0, 0.05) is 12.8 Å². The summed E-state index contributed by atoms with van der Waals surface area (Å²) in [4.78, 5) is 12.1. The van der Waals surface area contributed by atoms with Gasteiger partial charge in [0.25, 0.3) is 0 Å². The first-order chi connectivity index (χ1) is 9.53. The standard InChI is InChI=1S/C19H30O/c1-18-10-8-16-15(17(18)11-14(20)12-18)7-6-13-5-3-4-9-19(13,16)2/h13,15-17H,3-12H2,1-2H3/t13?,15-,16-,17+,18-,19+/m1/s1. The minimum absolute atomic E-state index is 0.371. The second-order valence-electron chi connectivity index (χ2n) is 9.01. The molecule has 0 aliphatic heterocycles. The lowest BCUT2D eigenvalue weighted by Crippen LogP contribution is -2.51. The first kappa shape index (κ1) is 13.3. The van der Waals surface area contributed by atoms with Crippen molar-refractivity contribution in [2.75, 3.05) is 0 Å². The molecule has 0 N–H and O–H groups in total. The van der Waals surface area contributed by atoms with Crippen molar-refractivity contribution in [2.24, 2.45) is 34.5 Å². The van der Waals surface area contributed by atoms with Crippen LogP contribution in [0.1, 0.15) is 78.1 Å². The van der Waals surface area contributed by atoms with Crippen molar-refractivity contribution in [3.8, 4) is 0 Å². The average Bonchev–Trinajstić information content (AvgIpc) is 2.72. The van der Waals surface area contributed by atoms with Gasteiger partial charge in [-0.15, -0.1) is 0 Å². The third kappa shape index (κ3) is 1.70. The van der Waals surface area contributed by atoms with Gasteiger partial charge in [0.15, 0.2) is 0 Å². The van der Waals surface area contributed by atoms with Crippen LogP contribution in [-0.4, -0.2) is 5.78 Å². The zero-order valence-corrected chi connectivity index (χ0v) is 13.3. The third-order valence-electron chi connectivity index (χ3n) is 8.15. The SMILES string of the molecule is C[C@]12CC[C@@H]3[C@@H](CCC4CCCC[C@@]43C)[C@@H]1CC(=O)C2. The van der Waals surface area contributed by atoms with E-state index in [1.807, 2.05) is 0 Å². The van der Waals surface area contributed by atoms with E-state index in [0.717, 1.165) is 36.5 Å². The van der Waals surface area contributed by atoms with E-state index >= 15 is 0 Å². The molecule has 0 saturated heterocycles. The first-order valence-corrected chi connectivity index (χ1v) is 9.05. The van der Waals surface area contributed by atoms with E-state index in [2.05, 4.69) is 13.8 Å². The van der Waals surface area contributed by atoms with Gasteiger partial charge in [-0.05, 0) is 73.0 Å². The van der Waals surface area contributed by atoms with Crippen LogP contribution in [0, 0.1) is 34.5 Å². The maximum atomic E-state index is 12.1. The van der Waals surface area contributed by atoms with Crippen LogP contribution in [-0.2, 0) is 4.79 Å². The van der Waals surface area contributed by atoms with Gasteiger partial charge in [-0.1, -0.05) is 26.7 Å². The van der Waals surface area contributed by atoms with Crippen LogP contribution in [0.5, 0.6) is 0 Å². The van der Waals surface area contributed by atoms with Gasteiger partial charge in [-0.25, -0.2) is 0 Å². The van der Waals surface area contributed by atoms with Crippen LogP contribution in [0.2, 0.25) is 0 Å². The molecular weight excluding hydrogens is 244 g/mol. The minimum Gasteiger partial charge on any atom is -0.300 e. The summed E-state index contributed by atoms with van der Waals surface area (Å²) in [6.45, 7) is 5.04. The highest BCUT2D eigenvalue weighted by Crippen LogP contribution is 2.65. The molecule has 0 spiro atoms. The Kier molecular flexibility index (Phi) is 2.89. The quantitative estimate of drug-likeness (QED) is 0.608. The van der Waals surface area contributed by atoms with Crippen molar-refractivity contribution in [1.82, 2.24) is 0 Å². The summed E-state index contributed by atoms with van der Waals surface area (Å²) in [5.74, 6) is 4.10. The predicted molar refractivity (Wildman–Crippen MR) is 81.4 cm³/mol. The number of rotatable bonds is 0. The van der Waals surface area contributed by atoms with Crippen molar-refractivity contribution in [2.45, 2.75) is 78.1 Å². The van der Waals surface area contributed by atoms with Crippen LogP contribution in [0.25, 0.3) is 0 Å². The largest absolute Gasteiger partial charge is 0.300 e. The lowest BCUT2D eigenvalue weighted by atomic mass is 9.45. The summed E-state index contributed by atoms with van der Waals surface area (Å²) in [6.07, 6.45) is 13.3. The Labute approximate surface area is 123 Å².